The summed E-state index contributed by atoms with van der Waals surface area (Å²) in [7, 11) is -4.76. The number of aliphatic hydroxyl groups excluding tert-OH is 1. The number of amides is 1. The van der Waals surface area contributed by atoms with E-state index in [2.05, 4.69) is 79.9 Å². The second-order valence-electron chi connectivity index (χ2n) is 13.1. The number of carboxylic acids is 1. The summed E-state index contributed by atoms with van der Waals surface area (Å²) in [5.74, 6) is -2.42. The molecular formula is C41H70NO10P. The molecule has 0 rings (SSSR count). The lowest BCUT2D eigenvalue weighted by Crippen LogP contribution is -2.43. The molecule has 1 amide bonds. The Morgan fingerprint density at radius 2 is 1.09 bits per heavy atom. The normalized spacial score (nSPS) is 14.5. The minimum atomic E-state index is -4.76. The molecule has 3 atom stereocenters. The largest absolute Gasteiger partial charge is 0.480 e. The van der Waals surface area contributed by atoms with Gasteiger partial charge in [-0.2, -0.15) is 0 Å². The van der Waals surface area contributed by atoms with Crippen LogP contribution in [0.4, 0.5) is 0 Å². The molecule has 0 spiro atoms. The minimum absolute atomic E-state index is 0.122. The first-order valence-electron chi connectivity index (χ1n) is 19.8. The molecule has 11 nitrogen and oxygen atoms in total. The standard InChI is InChI=1S/C41H70NO10P/c1-3-5-7-9-11-13-15-17-19-20-22-24-26-28-30-32-39(44)42-38(41(46)47)36-52-53(48,49)51-35-37(43)34-50-40(45)33-31-29-27-25-23-21-18-16-14-12-10-8-6-4-2/h5,7,10-13,16-19,37-38,43H,3-4,6,8-9,14-15,20-36H2,1-2H3,(H,42,44)(H,46,47)(H,48,49)/b7-5-,12-10-,13-11-,18-16-,19-17-. The summed E-state index contributed by atoms with van der Waals surface area (Å²) in [5.41, 5.74) is 0. The first-order valence-corrected chi connectivity index (χ1v) is 21.3. The Hall–Kier alpha value is -2.82. The number of aliphatic hydroxyl groups is 1. The van der Waals surface area contributed by atoms with Crippen LogP contribution >= 0.6 is 7.82 Å². The van der Waals surface area contributed by atoms with E-state index < -0.39 is 57.6 Å². The summed E-state index contributed by atoms with van der Waals surface area (Å²) in [5, 5.41) is 21.7. The number of ether oxygens (including phenoxy) is 1. The third kappa shape index (κ3) is 36.0. The Bertz CT molecular complexity index is 1130. The highest BCUT2D eigenvalue weighted by atomic mass is 31.2. The van der Waals surface area contributed by atoms with E-state index in [0.29, 0.717) is 12.8 Å². The lowest BCUT2D eigenvalue weighted by molar-refractivity contribution is -0.147. The summed E-state index contributed by atoms with van der Waals surface area (Å²) in [6.45, 7) is 2.38. The van der Waals surface area contributed by atoms with Crippen LogP contribution in [0.3, 0.4) is 0 Å². The van der Waals surface area contributed by atoms with Crippen LogP contribution in [0.1, 0.15) is 149 Å². The quantitative estimate of drug-likeness (QED) is 0.0208. The van der Waals surface area contributed by atoms with Crippen LogP contribution in [-0.4, -0.2) is 64.9 Å². The molecule has 0 saturated carbocycles. The molecule has 0 fully saturated rings. The molecule has 304 valence electrons. The van der Waals surface area contributed by atoms with Crippen molar-refractivity contribution in [1.82, 2.24) is 5.32 Å². The smallest absolute Gasteiger partial charge is 0.472 e. The Balaban J connectivity index is 4.00. The number of allylic oxidation sites excluding steroid dienone is 10. The highest BCUT2D eigenvalue weighted by molar-refractivity contribution is 7.47. The van der Waals surface area contributed by atoms with Crippen molar-refractivity contribution in [2.24, 2.45) is 0 Å². The van der Waals surface area contributed by atoms with E-state index in [-0.39, 0.29) is 12.8 Å². The fourth-order valence-corrected chi connectivity index (χ4v) is 5.70. The molecule has 0 aliphatic carbocycles. The van der Waals surface area contributed by atoms with Gasteiger partial charge in [-0.3, -0.25) is 18.6 Å². The van der Waals surface area contributed by atoms with Crippen molar-refractivity contribution in [2.45, 2.75) is 161 Å². The number of carboxylic acid groups (broad SMARTS) is 1. The van der Waals surface area contributed by atoms with E-state index in [1.807, 2.05) is 0 Å². The second-order valence-corrected chi connectivity index (χ2v) is 14.5. The fourth-order valence-electron chi connectivity index (χ4n) is 4.93. The Kier molecular flexibility index (Phi) is 34.2. The van der Waals surface area contributed by atoms with Crippen LogP contribution in [0, 0.1) is 0 Å². The van der Waals surface area contributed by atoms with Gasteiger partial charge < -0.3 is 25.2 Å². The number of nitrogens with one attached hydrogen (secondary N) is 1. The average molecular weight is 768 g/mol. The van der Waals surface area contributed by atoms with Crippen LogP contribution in [0.15, 0.2) is 60.8 Å². The Morgan fingerprint density at radius 1 is 0.623 bits per heavy atom. The number of phosphoric ester groups is 1. The van der Waals surface area contributed by atoms with Crippen molar-refractivity contribution in [1.29, 1.82) is 0 Å². The first-order chi connectivity index (χ1) is 25.6. The van der Waals surface area contributed by atoms with Gasteiger partial charge in [0, 0.05) is 12.8 Å². The Morgan fingerprint density at radius 3 is 1.64 bits per heavy atom. The molecule has 0 aromatic carbocycles. The predicted octanol–water partition coefficient (Wildman–Crippen LogP) is 9.61. The number of carbonyl (C=O) groups is 3. The summed E-state index contributed by atoms with van der Waals surface area (Å²) in [6, 6.07) is -1.56. The summed E-state index contributed by atoms with van der Waals surface area (Å²) < 4.78 is 26.7. The molecule has 12 heteroatoms. The van der Waals surface area contributed by atoms with Crippen molar-refractivity contribution in [3.63, 3.8) is 0 Å². The van der Waals surface area contributed by atoms with Gasteiger partial charge >= 0.3 is 19.8 Å². The maximum Gasteiger partial charge on any atom is 0.472 e. The average Bonchev–Trinajstić information content (AvgIpc) is 3.13. The van der Waals surface area contributed by atoms with E-state index in [0.717, 1.165) is 96.3 Å². The van der Waals surface area contributed by atoms with Gasteiger partial charge in [0.15, 0.2) is 6.04 Å². The highest BCUT2D eigenvalue weighted by Crippen LogP contribution is 2.43. The van der Waals surface area contributed by atoms with E-state index >= 15 is 0 Å². The van der Waals surface area contributed by atoms with Crippen molar-refractivity contribution in [2.75, 3.05) is 19.8 Å². The molecule has 0 saturated heterocycles. The number of carbonyl (C=O) groups excluding carboxylic acids is 2. The lowest BCUT2D eigenvalue weighted by atomic mass is 10.1. The molecule has 3 unspecified atom stereocenters. The highest BCUT2D eigenvalue weighted by Gasteiger charge is 2.28. The molecular weight excluding hydrogens is 697 g/mol. The predicted molar refractivity (Wildman–Crippen MR) is 212 cm³/mol. The molecule has 0 aromatic heterocycles. The Labute approximate surface area is 319 Å². The van der Waals surface area contributed by atoms with Gasteiger partial charge in [-0.25, -0.2) is 9.36 Å². The van der Waals surface area contributed by atoms with Gasteiger partial charge in [-0.15, -0.1) is 0 Å². The molecule has 0 bridgehead atoms. The zero-order valence-electron chi connectivity index (χ0n) is 32.5. The third-order valence-corrected chi connectivity index (χ3v) is 8.99. The lowest BCUT2D eigenvalue weighted by Gasteiger charge is -2.18. The molecule has 4 N–H and O–H groups in total. The zero-order valence-corrected chi connectivity index (χ0v) is 33.4. The monoisotopic (exact) mass is 767 g/mol. The van der Waals surface area contributed by atoms with Gasteiger partial charge in [-0.05, 0) is 70.6 Å². The topological polar surface area (TPSA) is 169 Å². The molecule has 0 aliphatic rings. The second kappa shape index (κ2) is 36.2. The van der Waals surface area contributed by atoms with Crippen LogP contribution < -0.4 is 5.32 Å². The van der Waals surface area contributed by atoms with Crippen molar-refractivity contribution in [3.05, 3.63) is 60.8 Å². The summed E-state index contributed by atoms with van der Waals surface area (Å²) in [6.07, 6.45) is 39.6. The fraction of sp³-hybridized carbons (Fsp3) is 0.683. The molecule has 0 radical (unpaired) electrons. The minimum Gasteiger partial charge on any atom is -0.480 e. The zero-order chi connectivity index (χ0) is 39.3. The van der Waals surface area contributed by atoms with Crippen molar-refractivity contribution < 1.29 is 47.8 Å². The van der Waals surface area contributed by atoms with Crippen LogP contribution in [0.25, 0.3) is 0 Å². The van der Waals surface area contributed by atoms with E-state index in [1.165, 1.54) is 12.8 Å². The van der Waals surface area contributed by atoms with E-state index in [9.17, 15) is 34.1 Å². The summed E-state index contributed by atoms with van der Waals surface area (Å²) in [4.78, 5) is 45.8. The maximum atomic E-state index is 12.3. The first kappa shape index (κ1) is 50.2. The number of unbranched alkanes of at least 4 members (excludes halogenated alkanes) is 12. The molecule has 53 heavy (non-hydrogen) atoms. The van der Waals surface area contributed by atoms with Gasteiger partial charge in [-0.1, -0.05) is 126 Å². The van der Waals surface area contributed by atoms with Gasteiger partial charge in [0.1, 0.15) is 12.7 Å². The number of phosphoric acid groups is 1. The van der Waals surface area contributed by atoms with Crippen molar-refractivity contribution in [3.8, 4) is 0 Å². The van der Waals surface area contributed by atoms with Crippen LogP contribution in [0.5, 0.6) is 0 Å². The van der Waals surface area contributed by atoms with Gasteiger partial charge in [0.05, 0.1) is 13.2 Å². The van der Waals surface area contributed by atoms with Crippen LogP contribution in [0.2, 0.25) is 0 Å². The number of esters is 1. The number of rotatable bonds is 36. The molecule has 0 aromatic rings. The SMILES string of the molecule is CC/C=C\C/C=C\C/C=C\CCCCCCCC(=O)NC(COP(=O)(O)OCC(O)COC(=O)CCCCCCC/C=C\C/C=C\CCCC)C(=O)O. The maximum absolute atomic E-state index is 12.3. The third-order valence-electron chi connectivity index (χ3n) is 8.04. The molecule has 0 heterocycles. The van der Waals surface area contributed by atoms with E-state index in [1.54, 1.807) is 0 Å². The number of aliphatic carboxylic acids is 1. The van der Waals surface area contributed by atoms with Gasteiger partial charge in [0.25, 0.3) is 0 Å². The number of hydrogen-bond donors (Lipinski definition) is 4. The number of hydrogen-bond acceptors (Lipinski definition) is 8. The van der Waals surface area contributed by atoms with Gasteiger partial charge in [0.2, 0.25) is 5.91 Å². The summed E-state index contributed by atoms with van der Waals surface area (Å²) >= 11 is 0. The molecule has 0 aliphatic heterocycles. The van der Waals surface area contributed by atoms with Crippen LogP contribution in [-0.2, 0) is 32.7 Å². The van der Waals surface area contributed by atoms with Crippen molar-refractivity contribution >= 4 is 25.7 Å². The van der Waals surface area contributed by atoms with E-state index in [4.69, 9.17) is 13.8 Å².